The number of rotatable bonds is 5. The van der Waals surface area contributed by atoms with E-state index in [-0.39, 0.29) is 16.4 Å². The third-order valence-electron chi connectivity index (χ3n) is 3.67. The maximum atomic E-state index is 12.3. The van der Waals surface area contributed by atoms with Crippen LogP contribution in [0.5, 0.6) is 0 Å². The number of aryl methyl sites for hydroxylation is 2. The second-order valence-electron chi connectivity index (χ2n) is 5.39. The Kier molecular flexibility index (Phi) is 5.09. The Morgan fingerprint density at radius 1 is 1.40 bits per heavy atom. The van der Waals surface area contributed by atoms with Crippen LogP contribution >= 0.6 is 11.6 Å². The van der Waals surface area contributed by atoms with Crippen LogP contribution in [0.1, 0.15) is 44.9 Å². The van der Waals surface area contributed by atoms with E-state index < -0.39 is 10.0 Å². The third kappa shape index (κ3) is 3.74. The largest absolute Gasteiger partial charge is 0.334 e. The number of nitrogens with zero attached hydrogens (tertiary/aromatic N) is 2. The minimum atomic E-state index is -3.52. The van der Waals surface area contributed by atoms with Crippen LogP contribution in [0, 0.1) is 6.92 Å². The molecule has 1 aromatic rings. The molecular weight excluding hydrogens is 298 g/mol. The van der Waals surface area contributed by atoms with Gasteiger partial charge in [0.2, 0.25) is 0 Å². The number of alkyl halides is 1. The molecule has 0 radical (unpaired) electrons. The van der Waals surface area contributed by atoms with Crippen LogP contribution in [0.15, 0.2) is 11.2 Å². The number of aromatic nitrogens is 2. The van der Waals surface area contributed by atoms with Crippen LogP contribution in [0.4, 0.5) is 0 Å². The standard InChI is InChI=1S/C13H22ClN3O2S/c1-3-8-17-9-13(15-10(17)2)20(18,19)16-12-6-4-11(14)5-7-12/h9,11-12,16H,3-8H2,1-2H3. The first-order chi connectivity index (χ1) is 9.42. The second-order valence-corrected chi connectivity index (χ2v) is 7.67. The highest BCUT2D eigenvalue weighted by molar-refractivity contribution is 7.89. The Bertz CT molecular complexity index is 548. The number of halogens is 1. The first-order valence-corrected chi connectivity index (χ1v) is 9.04. The lowest BCUT2D eigenvalue weighted by atomic mass is 9.96. The van der Waals surface area contributed by atoms with E-state index in [1.54, 1.807) is 6.20 Å². The van der Waals surface area contributed by atoms with Gasteiger partial charge in [-0.3, -0.25) is 0 Å². The van der Waals surface area contributed by atoms with Crippen LogP contribution in [0.25, 0.3) is 0 Å². The van der Waals surface area contributed by atoms with E-state index in [1.165, 1.54) is 0 Å². The van der Waals surface area contributed by atoms with E-state index in [0.717, 1.165) is 44.5 Å². The molecular formula is C13H22ClN3O2S. The van der Waals surface area contributed by atoms with Crippen molar-refractivity contribution in [2.24, 2.45) is 0 Å². The fourth-order valence-electron chi connectivity index (χ4n) is 2.53. The highest BCUT2D eigenvalue weighted by atomic mass is 35.5. The molecule has 0 saturated heterocycles. The first-order valence-electron chi connectivity index (χ1n) is 7.12. The Morgan fingerprint density at radius 3 is 2.65 bits per heavy atom. The lowest BCUT2D eigenvalue weighted by molar-refractivity contribution is 0.416. The number of hydrogen-bond acceptors (Lipinski definition) is 3. The molecule has 0 unspecified atom stereocenters. The molecule has 2 rings (SSSR count). The van der Waals surface area contributed by atoms with Crippen molar-refractivity contribution in [2.45, 2.75) is 68.9 Å². The van der Waals surface area contributed by atoms with Crippen molar-refractivity contribution in [1.29, 1.82) is 0 Å². The molecule has 1 heterocycles. The Labute approximate surface area is 125 Å². The van der Waals surface area contributed by atoms with Gasteiger partial charge in [-0.1, -0.05) is 6.92 Å². The predicted molar refractivity (Wildman–Crippen MR) is 79.5 cm³/mol. The number of hydrogen-bond donors (Lipinski definition) is 1. The molecule has 0 aliphatic heterocycles. The van der Waals surface area contributed by atoms with Gasteiger partial charge in [0.05, 0.1) is 0 Å². The van der Waals surface area contributed by atoms with Gasteiger partial charge < -0.3 is 4.57 Å². The van der Waals surface area contributed by atoms with Crippen molar-refractivity contribution in [3.63, 3.8) is 0 Å². The van der Waals surface area contributed by atoms with Crippen molar-refractivity contribution in [1.82, 2.24) is 14.3 Å². The summed E-state index contributed by atoms with van der Waals surface area (Å²) in [6.07, 6.45) is 5.87. The van der Waals surface area contributed by atoms with Crippen LogP contribution in [0.2, 0.25) is 0 Å². The zero-order valence-electron chi connectivity index (χ0n) is 12.0. The van der Waals surface area contributed by atoms with E-state index in [9.17, 15) is 8.42 Å². The highest BCUT2D eigenvalue weighted by Gasteiger charge is 2.26. The summed E-state index contributed by atoms with van der Waals surface area (Å²) in [4.78, 5) is 4.17. The Balaban J connectivity index is 2.08. The summed E-state index contributed by atoms with van der Waals surface area (Å²) in [6.45, 7) is 4.66. The van der Waals surface area contributed by atoms with E-state index in [0.29, 0.717) is 0 Å². The summed E-state index contributed by atoms with van der Waals surface area (Å²) in [7, 11) is -3.52. The zero-order valence-corrected chi connectivity index (χ0v) is 13.5. The molecule has 1 aliphatic carbocycles. The second kappa shape index (κ2) is 6.45. The normalized spacial score (nSPS) is 23.9. The predicted octanol–water partition coefficient (Wildman–Crippen LogP) is 2.43. The summed E-state index contributed by atoms with van der Waals surface area (Å²) in [5, 5.41) is 0.304. The molecule has 5 nitrogen and oxygen atoms in total. The van der Waals surface area contributed by atoms with Gasteiger partial charge in [0.25, 0.3) is 10.0 Å². The van der Waals surface area contributed by atoms with Crippen molar-refractivity contribution < 1.29 is 8.42 Å². The van der Waals surface area contributed by atoms with Gasteiger partial charge >= 0.3 is 0 Å². The van der Waals surface area contributed by atoms with Crippen LogP contribution in [-0.2, 0) is 16.6 Å². The SMILES string of the molecule is CCCn1cc(S(=O)(=O)NC2CCC(Cl)CC2)nc1C. The molecule has 20 heavy (non-hydrogen) atoms. The average Bonchev–Trinajstić information content (AvgIpc) is 2.75. The smallest absolute Gasteiger partial charge is 0.259 e. The summed E-state index contributed by atoms with van der Waals surface area (Å²) < 4.78 is 29.3. The molecule has 1 aromatic heterocycles. The fourth-order valence-corrected chi connectivity index (χ4v) is 4.09. The van der Waals surface area contributed by atoms with Crippen molar-refractivity contribution in [3.8, 4) is 0 Å². The quantitative estimate of drug-likeness (QED) is 0.848. The fraction of sp³-hybridized carbons (Fsp3) is 0.769. The highest BCUT2D eigenvalue weighted by Crippen LogP contribution is 2.24. The molecule has 1 saturated carbocycles. The molecule has 0 bridgehead atoms. The molecule has 1 fully saturated rings. The first kappa shape index (κ1) is 15.8. The molecule has 1 aliphatic rings. The van der Waals surface area contributed by atoms with Crippen LogP contribution < -0.4 is 4.72 Å². The minimum absolute atomic E-state index is 0.0216. The van der Waals surface area contributed by atoms with E-state index in [2.05, 4.69) is 16.6 Å². The van der Waals surface area contributed by atoms with E-state index in [4.69, 9.17) is 11.6 Å². The molecule has 0 amide bonds. The van der Waals surface area contributed by atoms with Gasteiger partial charge in [-0.2, -0.15) is 0 Å². The monoisotopic (exact) mass is 319 g/mol. The van der Waals surface area contributed by atoms with Gasteiger partial charge in [0.15, 0.2) is 5.03 Å². The van der Waals surface area contributed by atoms with Crippen LogP contribution in [-0.4, -0.2) is 29.4 Å². The molecule has 114 valence electrons. The number of nitrogens with one attached hydrogen (secondary N) is 1. The Morgan fingerprint density at radius 2 is 2.05 bits per heavy atom. The maximum Gasteiger partial charge on any atom is 0.259 e. The van der Waals surface area contributed by atoms with Gasteiger partial charge in [0.1, 0.15) is 5.82 Å². The number of sulfonamides is 1. The van der Waals surface area contributed by atoms with Gasteiger partial charge in [-0.25, -0.2) is 18.1 Å². The van der Waals surface area contributed by atoms with Crippen LogP contribution in [0.3, 0.4) is 0 Å². The summed E-state index contributed by atoms with van der Waals surface area (Å²) in [5.74, 6) is 0.733. The van der Waals surface area contributed by atoms with E-state index >= 15 is 0 Å². The molecule has 0 spiro atoms. The van der Waals surface area contributed by atoms with Gasteiger partial charge in [0, 0.05) is 24.2 Å². The topological polar surface area (TPSA) is 64.0 Å². The maximum absolute atomic E-state index is 12.3. The molecule has 1 N–H and O–H groups in total. The van der Waals surface area contributed by atoms with Crippen molar-refractivity contribution in [3.05, 3.63) is 12.0 Å². The number of imidazole rings is 1. The third-order valence-corrected chi connectivity index (χ3v) is 5.50. The van der Waals surface area contributed by atoms with Gasteiger partial charge in [-0.05, 0) is 39.0 Å². The lowest BCUT2D eigenvalue weighted by Gasteiger charge is -2.25. The minimum Gasteiger partial charge on any atom is -0.334 e. The zero-order chi connectivity index (χ0) is 14.8. The van der Waals surface area contributed by atoms with Crippen molar-refractivity contribution >= 4 is 21.6 Å². The summed E-state index contributed by atoms with van der Waals surface area (Å²) in [5.41, 5.74) is 0. The molecule has 7 heteroatoms. The van der Waals surface area contributed by atoms with Crippen molar-refractivity contribution in [2.75, 3.05) is 0 Å². The average molecular weight is 320 g/mol. The molecule has 0 atom stereocenters. The van der Waals surface area contributed by atoms with Gasteiger partial charge in [-0.15, -0.1) is 11.6 Å². The summed E-state index contributed by atoms with van der Waals surface area (Å²) in [6, 6.07) is -0.0216. The summed E-state index contributed by atoms with van der Waals surface area (Å²) >= 11 is 6.04. The van der Waals surface area contributed by atoms with E-state index in [1.807, 2.05) is 11.5 Å². The molecule has 0 aromatic carbocycles. The lowest BCUT2D eigenvalue weighted by Crippen LogP contribution is -2.37. The Hall–Kier alpha value is -0.590.